The van der Waals surface area contributed by atoms with Crippen molar-refractivity contribution in [1.29, 1.82) is 0 Å². The van der Waals surface area contributed by atoms with Crippen LogP contribution in [0.15, 0.2) is 34.7 Å². The summed E-state index contributed by atoms with van der Waals surface area (Å²) in [4.78, 5) is 37.3. The summed E-state index contributed by atoms with van der Waals surface area (Å²) in [5.74, 6) is 1.73. The lowest BCUT2D eigenvalue weighted by Gasteiger charge is -2.35. The van der Waals surface area contributed by atoms with E-state index in [0.717, 1.165) is 69.3 Å². The minimum Gasteiger partial charge on any atom is -0.506 e. The second kappa shape index (κ2) is 9.89. The van der Waals surface area contributed by atoms with E-state index in [-0.39, 0.29) is 23.6 Å². The third-order valence-corrected chi connectivity index (χ3v) is 9.08. The third kappa shape index (κ3) is 4.75. The fourth-order valence-corrected chi connectivity index (χ4v) is 6.36. The molecule has 2 amide bonds. The molecule has 0 radical (unpaired) electrons. The second-order valence-corrected chi connectivity index (χ2v) is 11.7. The van der Waals surface area contributed by atoms with Crippen LogP contribution in [-0.2, 0) is 4.79 Å². The Balaban J connectivity index is 1.24. The van der Waals surface area contributed by atoms with Gasteiger partial charge in [-0.05, 0) is 64.0 Å². The van der Waals surface area contributed by atoms with Crippen LogP contribution in [0, 0.1) is 0 Å². The Hall–Kier alpha value is -3.11. The molecule has 0 unspecified atom stereocenters. The molecular formula is C28H40N7O3+. The molecule has 38 heavy (non-hydrogen) atoms. The lowest BCUT2D eigenvalue weighted by atomic mass is 10.0. The molecule has 1 saturated carbocycles. The number of carbonyl (C=O) groups excluding carboxylic acids is 2. The largest absolute Gasteiger partial charge is 0.506 e. The maximum absolute atomic E-state index is 12.8. The van der Waals surface area contributed by atoms with Crippen molar-refractivity contribution < 1.29 is 19.2 Å². The van der Waals surface area contributed by atoms with Gasteiger partial charge in [0.05, 0.1) is 5.69 Å². The summed E-state index contributed by atoms with van der Waals surface area (Å²) in [7, 11) is 3.98. The molecule has 0 bridgehead atoms. The van der Waals surface area contributed by atoms with E-state index >= 15 is 0 Å². The lowest BCUT2D eigenvalue weighted by Crippen LogP contribution is -2.48. The fourth-order valence-electron chi connectivity index (χ4n) is 6.36. The number of likely N-dealkylation sites (tertiary alicyclic amines) is 1. The van der Waals surface area contributed by atoms with E-state index in [9.17, 15) is 14.7 Å². The molecule has 0 aromatic heterocycles. The number of carbonyl (C=O) groups is 2. The van der Waals surface area contributed by atoms with Gasteiger partial charge in [0.1, 0.15) is 31.1 Å². The van der Waals surface area contributed by atoms with Crippen LogP contribution in [0.5, 0.6) is 5.75 Å². The lowest BCUT2D eigenvalue weighted by molar-refractivity contribution is -0.696. The quantitative estimate of drug-likeness (QED) is 0.318. The first-order chi connectivity index (χ1) is 18.3. The van der Waals surface area contributed by atoms with E-state index in [0.29, 0.717) is 41.3 Å². The molecule has 1 aromatic rings. The minimum atomic E-state index is -0.154. The number of nitrogens with zero attached hydrogens (tertiary/aromatic N) is 5. The summed E-state index contributed by atoms with van der Waals surface area (Å²) in [5.41, 5.74) is 2.00. The smallest absolute Gasteiger partial charge is 0.309 e. The van der Waals surface area contributed by atoms with Crippen molar-refractivity contribution in [2.45, 2.75) is 57.0 Å². The van der Waals surface area contributed by atoms with Crippen LogP contribution in [0.1, 0.15) is 55.3 Å². The highest BCUT2D eigenvalue weighted by molar-refractivity contribution is 5.97. The molecule has 2 saturated heterocycles. The van der Waals surface area contributed by atoms with E-state index in [1.807, 2.05) is 11.9 Å². The predicted molar refractivity (Wildman–Crippen MR) is 145 cm³/mol. The van der Waals surface area contributed by atoms with E-state index in [1.54, 1.807) is 12.1 Å². The summed E-state index contributed by atoms with van der Waals surface area (Å²) < 4.78 is 0.646. The van der Waals surface area contributed by atoms with Crippen molar-refractivity contribution in [2.75, 3.05) is 58.7 Å². The van der Waals surface area contributed by atoms with Gasteiger partial charge in [0, 0.05) is 37.7 Å². The molecule has 10 heteroatoms. The molecule has 5 aliphatic rings. The number of guanidine groups is 1. The van der Waals surface area contributed by atoms with Crippen molar-refractivity contribution in [3.63, 3.8) is 0 Å². The van der Waals surface area contributed by atoms with Gasteiger partial charge in [0.15, 0.2) is 5.82 Å². The monoisotopic (exact) mass is 522 g/mol. The fraction of sp³-hybridized carbons (Fsp3) is 0.607. The van der Waals surface area contributed by atoms with E-state index in [1.165, 1.54) is 18.9 Å². The van der Waals surface area contributed by atoms with E-state index in [4.69, 9.17) is 4.99 Å². The SMILES string of the molecule is CN1CCC(NC(=O)c2ccc(NC3=NC4=C(C[N+]35CC5)N(C)C(=O)CCN4C3CCCC3)c(O)c2)CC1. The summed E-state index contributed by atoms with van der Waals surface area (Å²) in [5, 5.41) is 17.4. The molecule has 1 spiro atoms. The Kier molecular flexibility index (Phi) is 6.55. The van der Waals surface area contributed by atoms with Gasteiger partial charge in [-0.2, -0.15) is 4.99 Å². The summed E-state index contributed by atoms with van der Waals surface area (Å²) in [6.45, 7) is 5.22. The first-order valence-electron chi connectivity index (χ1n) is 14.1. The van der Waals surface area contributed by atoms with Gasteiger partial charge in [0.25, 0.3) is 5.91 Å². The van der Waals surface area contributed by atoms with Crippen LogP contribution in [0.3, 0.4) is 0 Å². The highest BCUT2D eigenvalue weighted by atomic mass is 16.3. The Morgan fingerprint density at radius 3 is 2.50 bits per heavy atom. The van der Waals surface area contributed by atoms with Gasteiger partial charge in [-0.1, -0.05) is 12.8 Å². The molecule has 6 rings (SSSR count). The molecule has 204 valence electrons. The highest BCUT2D eigenvalue weighted by Crippen LogP contribution is 2.38. The van der Waals surface area contributed by atoms with Crippen molar-refractivity contribution in [3.8, 4) is 5.75 Å². The van der Waals surface area contributed by atoms with Gasteiger partial charge in [-0.15, -0.1) is 0 Å². The number of phenols is 1. The number of aliphatic imine (C=N–C) groups is 1. The number of anilines is 1. The zero-order valence-electron chi connectivity index (χ0n) is 22.6. The van der Waals surface area contributed by atoms with Crippen LogP contribution in [0.4, 0.5) is 5.69 Å². The number of hydrogen-bond donors (Lipinski definition) is 3. The minimum absolute atomic E-state index is 0.0318. The average Bonchev–Trinajstić information content (AvgIpc) is 3.50. The molecule has 10 nitrogen and oxygen atoms in total. The number of nitrogens with one attached hydrogen (secondary N) is 2. The number of piperidine rings is 1. The summed E-state index contributed by atoms with van der Waals surface area (Å²) >= 11 is 0. The normalized spacial score (nSPS) is 24.4. The molecular weight excluding hydrogens is 482 g/mol. The van der Waals surface area contributed by atoms with Crippen LogP contribution in [-0.4, -0.2) is 108 Å². The number of likely N-dealkylation sites (N-methyl/N-ethyl adjacent to an activating group) is 1. The Morgan fingerprint density at radius 1 is 1.08 bits per heavy atom. The number of benzene rings is 1. The van der Waals surface area contributed by atoms with Crippen molar-refractivity contribution in [2.24, 2.45) is 4.99 Å². The Labute approximate surface area is 224 Å². The summed E-state index contributed by atoms with van der Waals surface area (Å²) in [6.07, 6.45) is 7.07. The van der Waals surface area contributed by atoms with Crippen molar-refractivity contribution in [3.05, 3.63) is 35.3 Å². The van der Waals surface area contributed by atoms with Gasteiger partial charge in [0.2, 0.25) is 5.91 Å². The standard InChI is InChI=1S/C28H39N7O3/c1-32-12-9-20(10-13-32)29-27(38)19-7-8-22(24(36)17-19)30-28-31-26-23(18-35(28)15-16-35)33(2)25(37)11-14-34(26)21-5-3-4-6-21/h7-8,17,20-21H,3-6,9-16,18H2,1-2H3,(H2-,29,30,31,36,38)/p+1. The molecule has 0 atom stereocenters. The maximum Gasteiger partial charge on any atom is 0.309 e. The topological polar surface area (TPSA) is 101 Å². The number of phenolic OH excluding ortho intramolecular Hbond substituents is 1. The maximum atomic E-state index is 12.8. The zero-order valence-corrected chi connectivity index (χ0v) is 22.6. The van der Waals surface area contributed by atoms with Gasteiger partial charge >= 0.3 is 5.96 Å². The Morgan fingerprint density at radius 2 is 1.82 bits per heavy atom. The number of quaternary nitrogens is 1. The number of rotatable bonds is 4. The van der Waals surface area contributed by atoms with Crippen molar-refractivity contribution >= 4 is 23.5 Å². The highest BCUT2D eigenvalue weighted by Gasteiger charge is 2.54. The molecule has 1 aliphatic carbocycles. The molecule has 1 aromatic carbocycles. The molecule has 4 heterocycles. The first kappa shape index (κ1) is 25.2. The van der Waals surface area contributed by atoms with E-state index in [2.05, 4.69) is 27.5 Å². The third-order valence-electron chi connectivity index (χ3n) is 9.08. The predicted octanol–water partition coefficient (Wildman–Crippen LogP) is 2.10. The molecule has 4 aliphatic heterocycles. The average molecular weight is 523 g/mol. The van der Waals surface area contributed by atoms with Crippen LogP contribution >= 0.6 is 0 Å². The molecule has 3 fully saturated rings. The number of amides is 2. The number of aromatic hydroxyl groups is 1. The van der Waals surface area contributed by atoms with E-state index < -0.39 is 0 Å². The zero-order chi connectivity index (χ0) is 26.4. The Bertz CT molecular complexity index is 1180. The van der Waals surface area contributed by atoms with Gasteiger partial charge in [-0.3, -0.25) is 14.9 Å². The number of hydrogen-bond acceptors (Lipinski definition) is 7. The van der Waals surface area contributed by atoms with Crippen molar-refractivity contribution in [1.82, 2.24) is 20.0 Å². The second-order valence-electron chi connectivity index (χ2n) is 11.7. The van der Waals surface area contributed by atoms with Crippen LogP contribution < -0.4 is 10.6 Å². The van der Waals surface area contributed by atoms with Gasteiger partial charge < -0.3 is 25.1 Å². The molecule has 3 N–H and O–H groups in total. The van der Waals surface area contributed by atoms with Crippen LogP contribution in [0.2, 0.25) is 0 Å². The summed E-state index contributed by atoms with van der Waals surface area (Å²) in [6, 6.07) is 5.65. The van der Waals surface area contributed by atoms with Gasteiger partial charge in [-0.25, -0.2) is 4.48 Å². The first-order valence-corrected chi connectivity index (χ1v) is 14.1. The van der Waals surface area contributed by atoms with Crippen LogP contribution in [0.25, 0.3) is 0 Å².